The molecule has 1 atom stereocenters. The van der Waals surface area contributed by atoms with E-state index in [1.165, 1.54) is 11.3 Å². The summed E-state index contributed by atoms with van der Waals surface area (Å²) in [5.74, 6) is -0.860. The first kappa shape index (κ1) is 20.8. The van der Waals surface area contributed by atoms with Crippen LogP contribution in [-0.2, 0) is 19.4 Å². The predicted octanol–water partition coefficient (Wildman–Crippen LogP) is 4.01. The summed E-state index contributed by atoms with van der Waals surface area (Å²) in [5.41, 5.74) is 1.73. The van der Waals surface area contributed by atoms with Crippen LogP contribution in [0.4, 0.5) is 5.00 Å². The molecule has 9 heteroatoms. The second-order valence-corrected chi connectivity index (χ2v) is 10.1. The lowest BCUT2D eigenvalue weighted by Crippen LogP contribution is -2.18. The molecule has 0 spiro atoms. The van der Waals surface area contributed by atoms with Gasteiger partial charge in [0, 0.05) is 22.4 Å². The van der Waals surface area contributed by atoms with Gasteiger partial charge in [-0.05, 0) is 37.0 Å². The Kier molecular flexibility index (Phi) is 6.42. The Hall–Kier alpha value is -1.90. The molecule has 1 aliphatic heterocycles. The number of carbonyl (C=O) groups excluding carboxylic acids is 2. The quantitative estimate of drug-likeness (QED) is 0.684. The van der Waals surface area contributed by atoms with Crippen LogP contribution in [0.3, 0.4) is 0 Å². The summed E-state index contributed by atoms with van der Waals surface area (Å²) in [6, 6.07) is 7.04. The van der Waals surface area contributed by atoms with Crippen LogP contribution in [0.2, 0.25) is 5.02 Å². The molecule has 1 aromatic heterocycles. The molecule has 0 aliphatic carbocycles. The molecule has 2 heterocycles. The number of benzene rings is 1. The van der Waals surface area contributed by atoms with E-state index in [1.54, 1.807) is 36.6 Å². The van der Waals surface area contributed by atoms with E-state index in [4.69, 9.17) is 16.3 Å². The lowest BCUT2D eigenvalue weighted by atomic mass is 10.0. The van der Waals surface area contributed by atoms with Crippen LogP contribution in [-0.4, -0.2) is 38.4 Å². The number of halogens is 1. The highest BCUT2D eigenvalue weighted by Crippen LogP contribution is 2.37. The lowest BCUT2D eigenvalue weighted by molar-refractivity contribution is -0.116. The van der Waals surface area contributed by atoms with Gasteiger partial charge in [0.15, 0.2) is 9.84 Å². The number of hydrogen-bond donors (Lipinski definition) is 1. The first-order valence-electron chi connectivity index (χ1n) is 8.84. The van der Waals surface area contributed by atoms with Gasteiger partial charge in [-0.3, -0.25) is 4.79 Å². The van der Waals surface area contributed by atoms with Gasteiger partial charge in [0.05, 0.1) is 18.1 Å². The maximum Gasteiger partial charge on any atom is 0.341 e. The van der Waals surface area contributed by atoms with Crippen LogP contribution in [0.15, 0.2) is 29.6 Å². The van der Waals surface area contributed by atoms with Crippen molar-refractivity contribution in [2.24, 2.45) is 5.92 Å². The van der Waals surface area contributed by atoms with Gasteiger partial charge in [-0.1, -0.05) is 23.7 Å². The summed E-state index contributed by atoms with van der Waals surface area (Å²) in [7, 11) is -3.04. The molecule has 0 unspecified atom stereocenters. The molecular weight excluding hydrogens is 422 g/mol. The first-order chi connectivity index (χ1) is 13.3. The van der Waals surface area contributed by atoms with E-state index < -0.39 is 15.8 Å². The average Bonchev–Trinajstić information content (AvgIpc) is 3.18. The molecule has 0 radical (unpaired) electrons. The Balaban J connectivity index is 1.83. The smallest absolute Gasteiger partial charge is 0.341 e. The number of hydrogen-bond acceptors (Lipinski definition) is 6. The van der Waals surface area contributed by atoms with Crippen LogP contribution in [0.5, 0.6) is 0 Å². The molecule has 28 heavy (non-hydrogen) atoms. The fraction of sp³-hybridized carbons (Fsp3) is 0.368. The number of nitrogens with one attached hydrogen (secondary N) is 1. The van der Waals surface area contributed by atoms with Gasteiger partial charge in [0.2, 0.25) is 5.91 Å². The van der Waals surface area contributed by atoms with E-state index in [0.29, 0.717) is 27.6 Å². The maximum atomic E-state index is 12.5. The van der Waals surface area contributed by atoms with E-state index in [2.05, 4.69) is 5.32 Å². The Labute approximate surface area is 172 Å². The fourth-order valence-corrected chi connectivity index (χ4v) is 6.13. The number of esters is 1. The normalized spacial score (nSPS) is 18.0. The number of sulfone groups is 1. The molecule has 1 saturated heterocycles. The van der Waals surface area contributed by atoms with Crippen LogP contribution in [0.1, 0.15) is 30.1 Å². The molecule has 1 aliphatic rings. The summed E-state index contributed by atoms with van der Waals surface area (Å²) in [6.07, 6.45) is 0.594. The van der Waals surface area contributed by atoms with Gasteiger partial charge in [0.1, 0.15) is 10.6 Å². The molecule has 3 rings (SSSR count). The van der Waals surface area contributed by atoms with Gasteiger partial charge >= 0.3 is 5.97 Å². The number of rotatable bonds is 6. The van der Waals surface area contributed by atoms with Gasteiger partial charge in [-0.25, -0.2) is 13.2 Å². The molecule has 2 aromatic rings. The summed E-state index contributed by atoms with van der Waals surface area (Å²) in [5, 5.41) is 5.52. The molecule has 0 bridgehead atoms. The second kappa shape index (κ2) is 8.63. The van der Waals surface area contributed by atoms with Crippen molar-refractivity contribution in [1.29, 1.82) is 0 Å². The second-order valence-electron chi connectivity index (χ2n) is 6.60. The minimum Gasteiger partial charge on any atom is -0.462 e. The van der Waals surface area contributed by atoms with E-state index in [1.807, 2.05) is 0 Å². The average molecular weight is 442 g/mol. The topological polar surface area (TPSA) is 89.5 Å². The minimum absolute atomic E-state index is 0.0334. The van der Waals surface area contributed by atoms with E-state index in [-0.39, 0.29) is 36.4 Å². The van der Waals surface area contributed by atoms with Crippen LogP contribution in [0.25, 0.3) is 11.1 Å². The van der Waals surface area contributed by atoms with Crippen molar-refractivity contribution < 1.29 is 22.7 Å². The summed E-state index contributed by atoms with van der Waals surface area (Å²) in [4.78, 5) is 25.0. The van der Waals surface area contributed by atoms with Gasteiger partial charge in [-0.15, -0.1) is 11.3 Å². The highest BCUT2D eigenvalue weighted by molar-refractivity contribution is 7.91. The Bertz CT molecular complexity index is 982. The number of carbonyl (C=O) groups is 2. The third-order valence-electron chi connectivity index (χ3n) is 4.48. The van der Waals surface area contributed by atoms with Crippen molar-refractivity contribution in [3.63, 3.8) is 0 Å². The van der Waals surface area contributed by atoms with Crippen molar-refractivity contribution in [3.8, 4) is 11.1 Å². The fourth-order valence-electron chi connectivity index (χ4n) is 3.17. The van der Waals surface area contributed by atoms with Crippen molar-refractivity contribution in [3.05, 3.63) is 40.2 Å². The summed E-state index contributed by atoms with van der Waals surface area (Å²) < 4.78 is 28.3. The lowest BCUT2D eigenvalue weighted by Gasteiger charge is -2.10. The van der Waals surface area contributed by atoms with Crippen molar-refractivity contribution >= 4 is 49.7 Å². The first-order valence-corrected chi connectivity index (χ1v) is 11.9. The number of anilines is 1. The Morgan fingerprint density at radius 2 is 2.00 bits per heavy atom. The van der Waals surface area contributed by atoms with E-state index in [9.17, 15) is 18.0 Å². The zero-order chi connectivity index (χ0) is 20.3. The van der Waals surface area contributed by atoms with Crippen molar-refractivity contribution in [2.75, 3.05) is 23.4 Å². The third kappa shape index (κ3) is 4.92. The molecule has 6 nitrogen and oxygen atoms in total. The largest absolute Gasteiger partial charge is 0.462 e. The van der Waals surface area contributed by atoms with Crippen molar-refractivity contribution in [1.82, 2.24) is 0 Å². The number of ether oxygens (including phenoxy) is 1. The number of thiophene rings is 1. The van der Waals surface area contributed by atoms with E-state index in [0.717, 1.165) is 5.56 Å². The maximum absolute atomic E-state index is 12.5. The zero-order valence-corrected chi connectivity index (χ0v) is 17.6. The highest BCUT2D eigenvalue weighted by Gasteiger charge is 2.30. The monoisotopic (exact) mass is 441 g/mol. The van der Waals surface area contributed by atoms with Crippen LogP contribution >= 0.6 is 22.9 Å². The molecular formula is C19H20ClNO5S2. The van der Waals surface area contributed by atoms with Gasteiger partial charge < -0.3 is 10.1 Å². The SMILES string of the molecule is CCOC(=O)c1c(-c2ccc(Cl)cc2)csc1NC(=O)C[C@H]1CCS(=O)(=O)C1. The zero-order valence-electron chi connectivity index (χ0n) is 15.2. The molecule has 0 saturated carbocycles. The van der Waals surface area contributed by atoms with Crippen molar-refractivity contribution in [2.45, 2.75) is 19.8 Å². The minimum atomic E-state index is -3.04. The molecule has 1 fully saturated rings. The molecule has 1 amide bonds. The molecule has 150 valence electrons. The highest BCUT2D eigenvalue weighted by atomic mass is 35.5. The van der Waals surface area contributed by atoms with Crippen LogP contribution in [0, 0.1) is 5.92 Å². The molecule has 1 aromatic carbocycles. The van der Waals surface area contributed by atoms with Crippen LogP contribution < -0.4 is 5.32 Å². The Morgan fingerprint density at radius 1 is 1.29 bits per heavy atom. The Morgan fingerprint density at radius 3 is 2.61 bits per heavy atom. The molecule has 1 N–H and O–H groups in total. The van der Waals surface area contributed by atoms with E-state index >= 15 is 0 Å². The summed E-state index contributed by atoms with van der Waals surface area (Å²) in [6.45, 7) is 1.92. The number of amides is 1. The predicted molar refractivity (Wildman–Crippen MR) is 111 cm³/mol. The van der Waals surface area contributed by atoms with Gasteiger partial charge in [-0.2, -0.15) is 0 Å². The summed E-state index contributed by atoms with van der Waals surface area (Å²) >= 11 is 7.17. The third-order valence-corrected chi connectivity index (χ3v) is 7.46. The standard InChI is InChI=1S/C19H20ClNO5S2/c1-2-26-19(23)17-15(13-3-5-14(20)6-4-13)10-27-18(17)21-16(22)9-12-7-8-28(24,25)11-12/h3-6,10,12H,2,7-9,11H2,1H3,(H,21,22)/t12-/m1/s1. The van der Waals surface area contributed by atoms with Gasteiger partial charge in [0.25, 0.3) is 0 Å².